The van der Waals surface area contributed by atoms with E-state index in [0.717, 1.165) is 22.8 Å². The summed E-state index contributed by atoms with van der Waals surface area (Å²) in [4.78, 5) is 14.6. The standard InChI is InChI=1S/C23H23FN4O2/c1-30-21-8-3-2-7-19(21)20-9-10-22(27-26-20)28-13-11-16(12-14-28)23(29)25-18-6-4-5-17(24)15-18/h2-10,15-16H,11-14H2,1H3,(H,25,29). The van der Waals surface area contributed by atoms with Crippen LogP contribution in [0.15, 0.2) is 60.7 Å². The van der Waals surface area contributed by atoms with Crippen molar-refractivity contribution in [3.05, 3.63) is 66.5 Å². The largest absolute Gasteiger partial charge is 0.496 e. The van der Waals surface area contributed by atoms with Crippen molar-refractivity contribution >= 4 is 17.4 Å². The Morgan fingerprint density at radius 1 is 1.07 bits per heavy atom. The second-order valence-corrected chi connectivity index (χ2v) is 7.24. The van der Waals surface area contributed by atoms with Crippen LogP contribution in [0.1, 0.15) is 12.8 Å². The van der Waals surface area contributed by atoms with Gasteiger partial charge in [0.2, 0.25) is 5.91 Å². The summed E-state index contributed by atoms with van der Waals surface area (Å²) in [6, 6.07) is 17.5. The average Bonchev–Trinajstić information content (AvgIpc) is 2.79. The monoisotopic (exact) mass is 406 g/mol. The van der Waals surface area contributed by atoms with Crippen LogP contribution in [0.2, 0.25) is 0 Å². The van der Waals surface area contributed by atoms with Crippen LogP contribution in [0.25, 0.3) is 11.3 Å². The Balaban J connectivity index is 1.36. The number of para-hydroxylation sites is 1. The van der Waals surface area contributed by atoms with Crippen molar-refractivity contribution in [2.45, 2.75) is 12.8 Å². The van der Waals surface area contributed by atoms with E-state index in [1.807, 2.05) is 36.4 Å². The third-order valence-electron chi connectivity index (χ3n) is 5.32. The lowest BCUT2D eigenvalue weighted by molar-refractivity contribution is -0.120. The maximum Gasteiger partial charge on any atom is 0.227 e. The molecule has 0 radical (unpaired) electrons. The molecule has 0 aliphatic carbocycles. The first-order valence-corrected chi connectivity index (χ1v) is 9.92. The molecule has 6 nitrogen and oxygen atoms in total. The van der Waals surface area contributed by atoms with Crippen molar-refractivity contribution in [3.63, 3.8) is 0 Å². The lowest BCUT2D eigenvalue weighted by Crippen LogP contribution is -2.38. The molecule has 154 valence electrons. The highest BCUT2D eigenvalue weighted by molar-refractivity contribution is 5.92. The summed E-state index contributed by atoms with van der Waals surface area (Å²) in [5.74, 6) is 1.00. The van der Waals surface area contributed by atoms with Gasteiger partial charge in [-0.15, -0.1) is 10.2 Å². The molecule has 30 heavy (non-hydrogen) atoms. The molecule has 1 saturated heterocycles. The Bertz CT molecular complexity index is 1020. The third-order valence-corrected chi connectivity index (χ3v) is 5.32. The number of methoxy groups -OCH3 is 1. The summed E-state index contributed by atoms with van der Waals surface area (Å²) in [5.41, 5.74) is 2.13. The van der Waals surface area contributed by atoms with Crippen molar-refractivity contribution in [1.82, 2.24) is 10.2 Å². The van der Waals surface area contributed by atoms with Gasteiger partial charge in [-0.05, 0) is 55.3 Å². The maximum absolute atomic E-state index is 13.3. The summed E-state index contributed by atoms with van der Waals surface area (Å²) >= 11 is 0. The van der Waals surface area contributed by atoms with Crippen molar-refractivity contribution in [1.29, 1.82) is 0 Å². The molecular weight excluding hydrogens is 383 g/mol. The zero-order valence-corrected chi connectivity index (χ0v) is 16.7. The van der Waals surface area contributed by atoms with Crippen LogP contribution in [0.5, 0.6) is 5.75 Å². The molecule has 0 unspecified atom stereocenters. The van der Waals surface area contributed by atoms with Gasteiger partial charge < -0.3 is 15.0 Å². The van der Waals surface area contributed by atoms with Gasteiger partial charge in [-0.1, -0.05) is 18.2 Å². The molecule has 0 spiro atoms. The van der Waals surface area contributed by atoms with Crippen molar-refractivity contribution in [2.24, 2.45) is 5.92 Å². The van der Waals surface area contributed by atoms with E-state index in [2.05, 4.69) is 20.4 Å². The van der Waals surface area contributed by atoms with Crippen LogP contribution in [-0.4, -0.2) is 36.3 Å². The molecule has 0 atom stereocenters. The van der Waals surface area contributed by atoms with E-state index in [0.29, 0.717) is 31.6 Å². The number of benzene rings is 2. The number of carbonyl (C=O) groups is 1. The van der Waals surface area contributed by atoms with Gasteiger partial charge in [0.1, 0.15) is 11.6 Å². The summed E-state index contributed by atoms with van der Waals surface area (Å²) < 4.78 is 18.7. The number of nitrogens with zero attached hydrogens (tertiary/aromatic N) is 3. The highest BCUT2D eigenvalue weighted by Crippen LogP contribution is 2.29. The van der Waals surface area contributed by atoms with Gasteiger partial charge in [-0.3, -0.25) is 4.79 Å². The van der Waals surface area contributed by atoms with Crippen molar-refractivity contribution in [3.8, 4) is 17.0 Å². The molecule has 2 heterocycles. The molecule has 2 aromatic carbocycles. The number of anilines is 2. The number of ether oxygens (including phenoxy) is 1. The van der Waals surface area contributed by atoms with Crippen molar-refractivity contribution in [2.75, 3.05) is 30.4 Å². The molecule has 7 heteroatoms. The normalized spacial score (nSPS) is 14.4. The molecule has 0 bridgehead atoms. The molecule has 3 aromatic rings. The van der Waals surface area contributed by atoms with Crippen LogP contribution in [0.4, 0.5) is 15.9 Å². The fourth-order valence-electron chi connectivity index (χ4n) is 3.68. The highest BCUT2D eigenvalue weighted by atomic mass is 19.1. The van der Waals surface area contributed by atoms with E-state index in [4.69, 9.17) is 4.74 Å². The third kappa shape index (κ3) is 4.40. The van der Waals surface area contributed by atoms with E-state index >= 15 is 0 Å². The minimum atomic E-state index is -0.363. The van der Waals surface area contributed by atoms with E-state index in [1.165, 1.54) is 12.1 Å². The van der Waals surface area contributed by atoms with Gasteiger partial charge in [-0.25, -0.2) is 4.39 Å². The predicted octanol–water partition coefficient (Wildman–Crippen LogP) is 4.15. The Morgan fingerprint density at radius 3 is 2.57 bits per heavy atom. The molecule has 0 saturated carbocycles. The average molecular weight is 406 g/mol. The first-order chi connectivity index (χ1) is 14.6. The molecule has 1 aliphatic heterocycles. The summed E-state index contributed by atoms with van der Waals surface area (Å²) in [6.45, 7) is 1.42. The number of piperidine rings is 1. The SMILES string of the molecule is COc1ccccc1-c1ccc(N2CCC(C(=O)Nc3cccc(F)c3)CC2)nn1. The number of carbonyl (C=O) groups excluding carboxylic acids is 1. The minimum Gasteiger partial charge on any atom is -0.496 e. The molecule has 1 fully saturated rings. The van der Waals surface area contributed by atoms with Crippen LogP contribution in [0.3, 0.4) is 0 Å². The lowest BCUT2D eigenvalue weighted by atomic mass is 9.95. The molecule has 1 N–H and O–H groups in total. The highest BCUT2D eigenvalue weighted by Gasteiger charge is 2.26. The summed E-state index contributed by atoms with van der Waals surface area (Å²) in [7, 11) is 1.63. The molecule has 1 aromatic heterocycles. The lowest BCUT2D eigenvalue weighted by Gasteiger charge is -2.31. The van der Waals surface area contributed by atoms with Gasteiger partial charge >= 0.3 is 0 Å². The molecular formula is C23H23FN4O2. The van der Waals surface area contributed by atoms with Gasteiger partial charge in [-0.2, -0.15) is 0 Å². The zero-order valence-electron chi connectivity index (χ0n) is 16.7. The summed E-state index contributed by atoms with van der Waals surface area (Å²) in [5, 5.41) is 11.6. The van der Waals surface area contributed by atoms with Gasteiger partial charge in [0.15, 0.2) is 5.82 Å². The Labute approximate surface area is 174 Å². The van der Waals surface area contributed by atoms with Crippen LogP contribution >= 0.6 is 0 Å². The zero-order chi connectivity index (χ0) is 20.9. The fraction of sp³-hybridized carbons (Fsp3) is 0.261. The summed E-state index contributed by atoms with van der Waals surface area (Å²) in [6.07, 6.45) is 1.41. The quantitative estimate of drug-likeness (QED) is 0.690. The number of rotatable bonds is 5. The fourth-order valence-corrected chi connectivity index (χ4v) is 3.68. The first-order valence-electron chi connectivity index (χ1n) is 9.92. The van der Waals surface area contributed by atoms with Crippen LogP contribution < -0.4 is 15.0 Å². The smallest absolute Gasteiger partial charge is 0.227 e. The topological polar surface area (TPSA) is 67.3 Å². The van der Waals surface area contributed by atoms with Crippen LogP contribution in [0, 0.1) is 11.7 Å². The molecule has 1 aliphatic rings. The Morgan fingerprint density at radius 2 is 1.87 bits per heavy atom. The molecule has 4 rings (SSSR count). The number of aromatic nitrogens is 2. The number of amides is 1. The van der Waals surface area contributed by atoms with Gasteiger partial charge in [0.25, 0.3) is 0 Å². The van der Waals surface area contributed by atoms with Gasteiger partial charge in [0.05, 0.1) is 12.8 Å². The number of halogens is 1. The van der Waals surface area contributed by atoms with E-state index < -0.39 is 0 Å². The Kier molecular flexibility index (Phi) is 5.88. The second kappa shape index (κ2) is 8.90. The van der Waals surface area contributed by atoms with Gasteiger partial charge in [0, 0.05) is 30.3 Å². The van der Waals surface area contributed by atoms with Crippen LogP contribution in [-0.2, 0) is 4.79 Å². The number of hydrogen-bond donors (Lipinski definition) is 1. The van der Waals surface area contributed by atoms with E-state index in [-0.39, 0.29) is 17.6 Å². The molecule has 1 amide bonds. The van der Waals surface area contributed by atoms with Crippen molar-refractivity contribution < 1.29 is 13.9 Å². The number of hydrogen-bond acceptors (Lipinski definition) is 5. The maximum atomic E-state index is 13.3. The van der Waals surface area contributed by atoms with E-state index in [9.17, 15) is 9.18 Å². The first kappa shape index (κ1) is 19.8. The predicted molar refractivity (Wildman–Crippen MR) is 114 cm³/mol. The van der Waals surface area contributed by atoms with E-state index in [1.54, 1.807) is 19.2 Å². The second-order valence-electron chi connectivity index (χ2n) is 7.24. The minimum absolute atomic E-state index is 0.0714. The Hall–Kier alpha value is -3.48. The number of nitrogens with one attached hydrogen (secondary N) is 1.